The summed E-state index contributed by atoms with van der Waals surface area (Å²) in [4.78, 5) is 43.9. The summed E-state index contributed by atoms with van der Waals surface area (Å²) < 4.78 is 42.8. The molecule has 0 heterocycles. The predicted molar refractivity (Wildman–Crippen MR) is 177 cm³/mol. The van der Waals surface area contributed by atoms with Gasteiger partial charge in [0.1, 0.15) is 39.9 Å². The predicted octanol–water partition coefficient (Wildman–Crippen LogP) is 7.58. The van der Waals surface area contributed by atoms with Gasteiger partial charge in [0.05, 0.1) is 46.5 Å². The number of para-hydroxylation sites is 1. The van der Waals surface area contributed by atoms with Gasteiger partial charge in [0, 0.05) is 11.8 Å². The fraction of sp³-hybridized carbons (Fsp3) is 0.417. The van der Waals surface area contributed by atoms with Crippen molar-refractivity contribution in [2.75, 3.05) is 41.7 Å². The molecule has 1 unspecified atom stereocenters. The van der Waals surface area contributed by atoms with Crippen molar-refractivity contribution in [2.24, 2.45) is 11.3 Å². The average Bonchev–Trinajstić information content (AvgIpc) is 3.09. The molecular weight excluding hydrogens is 607 g/mol. The van der Waals surface area contributed by atoms with E-state index in [4.69, 9.17) is 23.7 Å². The highest BCUT2D eigenvalue weighted by Crippen LogP contribution is 2.62. The molecule has 0 N–H and O–H groups in total. The van der Waals surface area contributed by atoms with E-state index in [1.807, 2.05) is 13.8 Å². The summed E-state index contributed by atoms with van der Waals surface area (Å²) in [5.41, 5.74) is -2.04. The Morgan fingerprint density at radius 2 is 1.07 bits per heavy atom. The second-order valence-electron chi connectivity index (χ2n) is 11.9. The van der Waals surface area contributed by atoms with E-state index in [9.17, 15) is 18.9 Å². The molecule has 1 atom stereocenters. The van der Waals surface area contributed by atoms with E-state index in [0.717, 1.165) is 0 Å². The molecule has 3 aromatic rings. The van der Waals surface area contributed by atoms with Gasteiger partial charge in [0.25, 0.3) is 0 Å². The Balaban J connectivity index is 1.86. The molecule has 1 saturated carbocycles. The Morgan fingerprint density at radius 3 is 1.46 bits per heavy atom. The van der Waals surface area contributed by atoms with Crippen molar-refractivity contribution < 1.29 is 42.6 Å². The molecule has 1 aliphatic rings. The van der Waals surface area contributed by atoms with Crippen LogP contribution in [0.2, 0.25) is 0 Å². The van der Waals surface area contributed by atoms with Crippen molar-refractivity contribution in [3.63, 3.8) is 0 Å². The first-order valence-electron chi connectivity index (χ1n) is 15.3. The van der Waals surface area contributed by atoms with E-state index in [-0.39, 0.29) is 77.5 Å². The highest BCUT2D eigenvalue weighted by Gasteiger charge is 2.54. The molecule has 246 valence electrons. The van der Waals surface area contributed by atoms with Crippen LogP contribution in [-0.4, -0.2) is 64.5 Å². The fourth-order valence-corrected chi connectivity index (χ4v) is 10.2. The van der Waals surface area contributed by atoms with Crippen LogP contribution in [0, 0.1) is 11.3 Å². The maximum absolute atomic E-state index is 15.0. The maximum atomic E-state index is 15.0. The zero-order valence-corrected chi connectivity index (χ0v) is 28.5. The number of ketones is 2. The Kier molecular flexibility index (Phi) is 11.0. The van der Waals surface area contributed by atoms with Gasteiger partial charge in [0.2, 0.25) is 5.52 Å². The normalized spacial score (nSPS) is 15.8. The molecule has 4 rings (SSSR count). The highest BCUT2D eigenvalue weighted by atomic mass is 31.2. The van der Waals surface area contributed by atoms with Crippen LogP contribution in [0.15, 0.2) is 60.7 Å². The number of carbonyl (C=O) groups is 3. The lowest BCUT2D eigenvalue weighted by molar-refractivity contribution is 0.0584. The zero-order valence-electron chi connectivity index (χ0n) is 27.6. The molecule has 0 bridgehead atoms. The summed E-state index contributed by atoms with van der Waals surface area (Å²) in [6.45, 7) is 3.87. The van der Waals surface area contributed by atoms with E-state index in [1.165, 1.54) is 35.5 Å². The van der Waals surface area contributed by atoms with Crippen LogP contribution < -0.4 is 23.7 Å². The van der Waals surface area contributed by atoms with Crippen LogP contribution in [0.4, 0.5) is 0 Å². The van der Waals surface area contributed by atoms with Gasteiger partial charge in [-0.25, -0.2) is 0 Å². The quantitative estimate of drug-likeness (QED) is 0.0989. The summed E-state index contributed by atoms with van der Waals surface area (Å²) >= 11 is 0. The van der Waals surface area contributed by atoms with E-state index in [2.05, 4.69) is 0 Å². The van der Waals surface area contributed by atoms with Crippen molar-refractivity contribution >= 4 is 24.2 Å². The minimum atomic E-state index is -3.57. The molecule has 10 heteroatoms. The largest absolute Gasteiger partial charge is 0.496 e. The van der Waals surface area contributed by atoms with Crippen LogP contribution in [0.25, 0.3) is 0 Å². The number of hydrogen-bond acceptors (Lipinski definition) is 9. The van der Waals surface area contributed by atoms with Gasteiger partial charge in [0.15, 0.2) is 18.7 Å². The lowest BCUT2D eigenvalue weighted by atomic mass is 9.65. The van der Waals surface area contributed by atoms with Crippen molar-refractivity contribution in [2.45, 2.75) is 45.2 Å². The zero-order chi connectivity index (χ0) is 33.6. The summed E-state index contributed by atoms with van der Waals surface area (Å²) in [5.74, 6) is 0.435. The minimum Gasteiger partial charge on any atom is -0.496 e. The Morgan fingerprint density at radius 1 is 0.674 bits per heavy atom. The molecule has 9 nitrogen and oxygen atoms in total. The van der Waals surface area contributed by atoms with E-state index >= 15 is 0 Å². The second-order valence-corrected chi connectivity index (χ2v) is 15.0. The molecule has 1 aliphatic carbocycles. The maximum Gasteiger partial charge on any atom is 0.225 e. The second kappa shape index (κ2) is 14.5. The standard InChI is InChI=1S/C36H43O9P/c1-23(2)22-46(40,35(39)25-12-8-9-13-26(25)41-3)24-18-20-36(21-19-24,33(37)31-27(42-4)14-10-15-28(31)43-5)34(38)32-29(44-6)16-11-17-30(32)45-7/h8-17,23-24H,18-22H2,1-7H3. The van der Waals surface area contributed by atoms with Crippen LogP contribution in [0.1, 0.15) is 70.6 Å². The molecule has 0 amide bonds. The van der Waals surface area contributed by atoms with Gasteiger partial charge < -0.3 is 28.2 Å². The molecule has 3 aromatic carbocycles. The van der Waals surface area contributed by atoms with Gasteiger partial charge in [-0.2, -0.15) is 0 Å². The van der Waals surface area contributed by atoms with Gasteiger partial charge in [-0.05, 0) is 68.0 Å². The topological polar surface area (TPSA) is 114 Å². The fourth-order valence-electron chi connectivity index (χ4n) is 6.66. The number of carbonyl (C=O) groups excluding carboxylic acids is 3. The summed E-state index contributed by atoms with van der Waals surface area (Å²) in [7, 11) is 3.71. The Bertz CT molecular complexity index is 1520. The Hall–Kier alpha value is -4.10. The van der Waals surface area contributed by atoms with Crippen molar-refractivity contribution in [1.29, 1.82) is 0 Å². The van der Waals surface area contributed by atoms with E-state index in [1.54, 1.807) is 60.7 Å². The number of hydrogen-bond donors (Lipinski definition) is 0. The van der Waals surface area contributed by atoms with Crippen LogP contribution >= 0.6 is 7.14 Å². The third-order valence-corrected chi connectivity index (χ3v) is 12.8. The number of benzene rings is 3. The summed E-state index contributed by atoms with van der Waals surface area (Å²) in [6, 6.07) is 16.8. The molecule has 1 fully saturated rings. The van der Waals surface area contributed by atoms with Crippen molar-refractivity contribution in [3.8, 4) is 28.7 Å². The smallest absolute Gasteiger partial charge is 0.225 e. The highest BCUT2D eigenvalue weighted by molar-refractivity contribution is 7.81. The summed E-state index contributed by atoms with van der Waals surface area (Å²) in [5, 5.41) is 0. The lowest BCUT2D eigenvalue weighted by Crippen LogP contribution is -2.44. The first kappa shape index (κ1) is 34.8. The molecule has 0 radical (unpaired) electrons. The third kappa shape index (κ3) is 6.30. The van der Waals surface area contributed by atoms with Gasteiger partial charge in [-0.3, -0.25) is 14.4 Å². The Labute approximate surface area is 270 Å². The molecule has 0 aliphatic heterocycles. The minimum absolute atomic E-state index is 0.0323. The van der Waals surface area contributed by atoms with Gasteiger partial charge in [-0.1, -0.05) is 38.1 Å². The molecule has 0 aromatic heterocycles. The number of methoxy groups -OCH3 is 5. The monoisotopic (exact) mass is 650 g/mol. The van der Waals surface area contributed by atoms with Crippen molar-refractivity contribution in [1.82, 2.24) is 0 Å². The summed E-state index contributed by atoms with van der Waals surface area (Å²) in [6.07, 6.45) is 0.691. The SMILES string of the molecule is COc1ccccc1C(=O)P(=O)(CC(C)C)C1CCC(C(=O)c2c(OC)cccc2OC)(C(=O)c2c(OC)cccc2OC)CC1. The lowest BCUT2D eigenvalue weighted by Gasteiger charge is -2.41. The first-order chi connectivity index (χ1) is 22.0. The molecule has 0 saturated heterocycles. The third-order valence-electron chi connectivity index (χ3n) is 8.90. The molecule has 0 spiro atoms. The number of Topliss-reactive ketones (excluding diaryl/α,β-unsaturated/α-hetero) is 2. The van der Waals surface area contributed by atoms with Gasteiger partial charge >= 0.3 is 0 Å². The van der Waals surface area contributed by atoms with Crippen LogP contribution in [0.5, 0.6) is 28.7 Å². The molecule has 46 heavy (non-hydrogen) atoms. The average molecular weight is 651 g/mol. The van der Waals surface area contributed by atoms with Crippen LogP contribution in [0.3, 0.4) is 0 Å². The van der Waals surface area contributed by atoms with Crippen molar-refractivity contribution in [3.05, 3.63) is 77.4 Å². The first-order valence-corrected chi connectivity index (χ1v) is 17.3. The van der Waals surface area contributed by atoms with Crippen LogP contribution in [-0.2, 0) is 4.57 Å². The van der Waals surface area contributed by atoms with Gasteiger partial charge in [-0.15, -0.1) is 0 Å². The number of ether oxygens (including phenoxy) is 5. The van der Waals surface area contributed by atoms with E-state index in [0.29, 0.717) is 5.75 Å². The van der Waals surface area contributed by atoms with E-state index < -0.39 is 35.3 Å². The number of rotatable bonds is 14. The molecular formula is C36H43O9P.